The van der Waals surface area contributed by atoms with Crippen LogP contribution in [0, 0.1) is 32.6 Å². The Kier molecular flexibility index (Phi) is 23.0. The number of nitrogens with zero attached hydrogens (tertiary/aromatic N) is 11. The Morgan fingerprint density at radius 2 is 0.947 bits per heavy atom. The molecular weight excluding hydrogens is 1370 g/mol. The highest BCUT2D eigenvalue weighted by Crippen LogP contribution is 2.35. The summed E-state index contributed by atoms with van der Waals surface area (Å²) in [5, 5.41) is 34.0. The summed E-state index contributed by atoms with van der Waals surface area (Å²) in [6.45, 7) is 9.07. The number of fused-ring (bicyclic) bond motifs is 4. The van der Waals surface area contributed by atoms with Gasteiger partial charge in [-0.2, -0.15) is 15.3 Å². The zero-order valence-corrected chi connectivity index (χ0v) is 57.6. The summed E-state index contributed by atoms with van der Waals surface area (Å²) < 4.78 is 66.7. The summed E-state index contributed by atoms with van der Waals surface area (Å²) in [5.41, 5.74) is 16.1. The van der Waals surface area contributed by atoms with Gasteiger partial charge in [-0.05, 0) is 113 Å². The van der Waals surface area contributed by atoms with Crippen molar-refractivity contribution in [3.63, 3.8) is 0 Å². The van der Waals surface area contributed by atoms with Crippen LogP contribution in [0.1, 0.15) is 87.8 Å². The molecule has 500 valence electrons. The molecule has 9 N–H and O–H groups in total. The maximum atomic E-state index is 11.9. The minimum atomic E-state index is -3.48. The SMILES string of the molecule is CS(=O)(=O)c1nc(Cl)c2c(n1)COC2.CSc1nc(Cl)c2c(n1)COC2.Cc1cc(N)n[nH]1.Cc1cc(Nc2nc(S(C)(=O)=O)nc3c2COC3)n[nH]1.Cc1cc(Nc2nc(Sc3ccc(NC(=O)C4CC4)cc3)nc3c2COC3)n[nH]1.O=C(Nc1ccc(S)cc1)C1CC1. The largest absolute Gasteiger partial charge is 0.382 e. The molecular formula is C59H65Cl2N19O10S5. The molecule has 11 heterocycles. The molecule has 0 bridgehead atoms. The molecule has 2 fully saturated rings. The van der Waals surface area contributed by atoms with E-state index in [9.17, 15) is 26.4 Å². The molecule has 7 aromatic heterocycles. The number of aryl methyl sites for hydroxylation is 3. The second kappa shape index (κ2) is 31.3. The number of sulfone groups is 2. The van der Waals surface area contributed by atoms with Gasteiger partial charge in [-0.1, -0.05) is 35.0 Å². The normalized spacial score (nSPS) is 14.6. The number of halogens is 2. The fourth-order valence-corrected chi connectivity index (χ4v) is 11.8. The molecule has 0 saturated heterocycles. The van der Waals surface area contributed by atoms with Crippen molar-refractivity contribution in [2.75, 3.05) is 45.8 Å². The molecule has 0 unspecified atom stereocenters. The van der Waals surface area contributed by atoms with E-state index in [1.807, 2.05) is 81.6 Å². The molecule has 15 rings (SSSR count). The summed E-state index contributed by atoms with van der Waals surface area (Å²) >= 11 is 18.8. The summed E-state index contributed by atoms with van der Waals surface area (Å²) in [6, 6.07) is 20.7. The summed E-state index contributed by atoms with van der Waals surface area (Å²) in [5.74, 6) is 3.66. The van der Waals surface area contributed by atoms with Crippen LogP contribution in [0.3, 0.4) is 0 Å². The first-order chi connectivity index (χ1) is 45.4. The minimum absolute atomic E-state index is 0.108. The number of benzene rings is 2. The van der Waals surface area contributed by atoms with Crippen molar-refractivity contribution in [2.24, 2.45) is 11.8 Å². The van der Waals surface area contributed by atoms with Crippen molar-refractivity contribution in [2.45, 2.75) is 130 Å². The summed E-state index contributed by atoms with van der Waals surface area (Å²) in [4.78, 5) is 58.5. The Balaban J connectivity index is 0.000000131. The Bertz CT molecular complexity index is 4470. The van der Waals surface area contributed by atoms with E-state index >= 15 is 0 Å². The van der Waals surface area contributed by atoms with Crippen LogP contribution in [-0.2, 0) is 101 Å². The molecule has 2 aromatic carbocycles. The molecule has 0 radical (unpaired) electrons. The van der Waals surface area contributed by atoms with Crippen molar-refractivity contribution in [1.29, 1.82) is 0 Å². The van der Waals surface area contributed by atoms with Crippen LogP contribution in [0.25, 0.3) is 0 Å². The zero-order chi connectivity index (χ0) is 67.6. The van der Waals surface area contributed by atoms with E-state index in [0.29, 0.717) is 102 Å². The third kappa shape index (κ3) is 19.9. The lowest BCUT2D eigenvalue weighted by Crippen LogP contribution is -2.12. The highest BCUT2D eigenvalue weighted by Gasteiger charge is 2.31. The van der Waals surface area contributed by atoms with Gasteiger partial charge in [0.25, 0.3) is 0 Å². The van der Waals surface area contributed by atoms with Crippen molar-refractivity contribution < 1.29 is 45.4 Å². The fourth-order valence-electron chi connectivity index (χ4n) is 8.80. The van der Waals surface area contributed by atoms with Crippen LogP contribution in [0.4, 0.5) is 40.5 Å². The maximum absolute atomic E-state index is 11.9. The molecule has 4 aliphatic heterocycles. The van der Waals surface area contributed by atoms with Gasteiger partial charge in [-0.3, -0.25) is 24.9 Å². The number of nitrogen functional groups attached to an aromatic ring is 1. The number of rotatable bonds is 13. The number of aromatic amines is 3. The average molecular weight is 1430 g/mol. The highest BCUT2D eigenvalue weighted by molar-refractivity contribution is 7.99. The topological polar surface area (TPSA) is 403 Å². The molecule has 6 aliphatic rings. The third-order valence-electron chi connectivity index (χ3n) is 14.0. The molecule has 29 nitrogen and oxygen atoms in total. The van der Waals surface area contributed by atoms with Crippen LogP contribution in [0.5, 0.6) is 0 Å². The Morgan fingerprint density at radius 1 is 0.537 bits per heavy atom. The average Bonchev–Trinajstić information content (AvgIpc) is 1.78. The monoisotopic (exact) mass is 1430 g/mol. The predicted octanol–water partition coefficient (Wildman–Crippen LogP) is 9.54. The highest BCUT2D eigenvalue weighted by atomic mass is 35.5. The van der Waals surface area contributed by atoms with Gasteiger partial charge < -0.3 is 45.9 Å². The Morgan fingerprint density at radius 3 is 1.38 bits per heavy atom. The lowest BCUT2D eigenvalue weighted by Gasteiger charge is -2.10. The van der Waals surface area contributed by atoms with Crippen LogP contribution in [0.2, 0.25) is 10.3 Å². The van der Waals surface area contributed by atoms with Gasteiger partial charge in [-0.15, -0.1) is 12.6 Å². The molecule has 36 heteroatoms. The number of carbonyl (C=O) groups is 2. The second-order valence-corrected chi connectivity index (χ2v) is 28.9. The number of hydrogen-bond donors (Lipinski definition) is 9. The van der Waals surface area contributed by atoms with Gasteiger partial charge in [0.1, 0.15) is 27.8 Å². The number of thiol groups is 1. The van der Waals surface area contributed by atoms with Crippen LogP contribution < -0.4 is 27.0 Å². The van der Waals surface area contributed by atoms with E-state index in [2.05, 4.69) is 104 Å². The lowest BCUT2D eigenvalue weighted by atomic mass is 10.2. The maximum Gasteiger partial charge on any atom is 0.249 e. The number of hydrogen-bond acceptors (Lipinski definition) is 27. The van der Waals surface area contributed by atoms with Crippen LogP contribution in [-0.4, -0.2) is 118 Å². The van der Waals surface area contributed by atoms with Gasteiger partial charge in [0.05, 0.1) is 75.6 Å². The number of carbonyl (C=O) groups excluding carboxylic acids is 2. The standard InChI is InChI=1S/C20H20N6O2S.C11H13N5O3S.C10H11NOS.C7H7ClN2O3S.C7H7ClN2OS.C4H7N3/c1-11-8-17(26-25-11)23-18-15-9-28-10-16(15)22-20(24-18)29-14-6-4-13(5-7-14)21-19(27)12-2-3-12;1-6-3-9(16-15-6)13-10-7-4-19-5-8(7)12-11(14-10)20(2,17)18;12-10(7-1-2-7)11-8-3-5-9(13)6-4-8;1-14(11,12)7-9-5-3-13-2-4(5)6(8)10-7;1-12-7-9-5-3-11-2-4(5)6(8)10-7;1-3-2-4(5)7-6-3/h4-8,12H,2-3,9-10H2,1H3,(H,21,27)(H2,22,23,24,25,26);3H,4-5H2,1-2H3,(H2,12,13,14,15,16);3-7,13H,1-2H2,(H,11,12);2-3H2,1H3;2-3H2,1H3;2H,1H3,(H3,5,6,7). The van der Waals surface area contributed by atoms with E-state index in [1.165, 1.54) is 23.5 Å². The smallest absolute Gasteiger partial charge is 0.249 e. The number of H-pyrrole nitrogens is 3. The molecule has 9 aromatic rings. The number of thioether (sulfide) groups is 1. The fraction of sp³-hybridized carbons (Fsp3) is 0.339. The summed E-state index contributed by atoms with van der Waals surface area (Å²) in [7, 11) is -6.89. The number of nitrogens with two attached hydrogens (primary N) is 1. The van der Waals surface area contributed by atoms with Gasteiger partial charge in [0.15, 0.2) is 21.9 Å². The van der Waals surface area contributed by atoms with E-state index in [-0.39, 0.29) is 45.7 Å². The minimum Gasteiger partial charge on any atom is -0.382 e. The number of amides is 2. The second-order valence-electron chi connectivity index (χ2n) is 22.0. The van der Waals surface area contributed by atoms with E-state index < -0.39 is 19.7 Å². The van der Waals surface area contributed by atoms with E-state index in [0.717, 1.165) is 110 Å². The number of anilines is 7. The third-order valence-corrected chi connectivity index (χ3v) is 18.0. The zero-order valence-electron chi connectivity index (χ0n) is 51.9. The number of nitrogens with one attached hydrogen (secondary N) is 7. The molecule has 2 aliphatic carbocycles. The molecule has 95 heavy (non-hydrogen) atoms. The van der Waals surface area contributed by atoms with Crippen molar-refractivity contribution in [3.05, 3.63) is 139 Å². The van der Waals surface area contributed by atoms with E-state index in [4.69, 9.17) is 47.9 Å². The van der Waals surface area contributed by atoms with Gasteiger partial charge in [-0.25, -0.2) is 56.7 Å². The quantitative estimate of drug-likeness (QED) is 0.0224. The number of aromatic nitrogens is 14. The first-order valence-electron chi connectivity index (χ1n) is 29.1. The van der Waals surface area contributed by atoms with Gasteiger partial charge in [0.2, 0.25) is 41.8 Å². The molecule has 0 spiro atoms. The lowest BCUT2D eigenvalue weighted by molar-refractivity contribution is -0.118. The number of ether oxygens (including phenoxy) is 4. The van der Waals surface area contributed by atoms with Crippen molar-refractivity contribution >= 4 is 131 Å². The van der Waals surface area contributed by atoms with Crippen molar-refractivity contribution in [1.82, 2.24) is 70.5 Å². The van der Waals surface area contributed by atoms with Gasteiger partial charge >= 0.3 is 0 Å². The first-order valence-corrected chi connectivity index (χ1v) is 36.1. The summed E-state index contributed by atoms with van der Waals surface area (Å²) in [6.07, 6.45) is 8.11. The molecule has 0 atom stereocenters. The predicted molar refractivity (Wildman–Crippen MR) is 358 cm³/mol. The van der Waals surface area contributed by atoms with E-state index in [1.54, 1.807) is 12.1 Å². The first kappa shape index (κ1) is 69.9. The Hall–Kier alpha value is -7.90. The van der Waals surface area contributed by atoms with Crippen LogP contribution >= 0.6 is 59.4 Å². The Labute approximate surface area is 569 Å². The van der Waals surface area contributed by atoms with Crippen LogP contribution in [0.15, 0.2) is 97.1 Å². The van der Waals surface area contributed by atoms with Gasteiger partial charge in [0, 0.05) is 103 Å². The molecule has 2 amide bonds. The van der Waals surface area contributed by atoms with Crippen molar-refractivity contribution in [3.8, 4) is 0 Å². The molecule has 2 saturated carbocycles.